The van der Waals surface area contributed by atoms with Gasteiger partial charge in [-0.15, -0.1) is 0 Å². The van der Waals surface area contributed by atoms with Gasteiger partial charge in [0.2, 0.25) is 0 Å². The molecule has 0 aliphatic heterocycles. The molecule has 2 nitrogen and oxygen atoms in total. The van der Waals surface area contributed by atoms with Gasteiger partial charge in [-0.1, -0.05) is 39.7 Å². The first-order chi connectivity index (χ1) is 8.97. The van der Waals surface area contributed by atoms with Crippen LogP contribution in [0.3, 0.4) is 0 Å². The summed E-state index contributed by atoms with van der Waals surface area (Å²) in [6.07, 6.45) is 0. The predicted octanol–water partition coefficient (Wildman–Crippen LogP) is 4.63. The second-order valence-corrected chi connectivity index (χ2v) is 5.65. The molecule has 2 rings (SSSR count). The third-order valence-corrected chi connectivity index (χ3v) is 3.57. The standard InChI is InChI=1S/C16H16BrNO/c1-10-4-7-15(12(3)8-10)18-16(19)14-9-13(17)6-5-11(14)2/h4-9H,1-3H3,(H,18,19). The van der Waals surface area contributed by atoms with E-state index in [4.69, 9.17) is 0 Å². The van der Waals surface area contributed by atoms with Crippen molar-refractivity contribution in [1.82, 2.24) is 0 Å². The molecule has 0 aromatic heterocycles. The van der Waals surface area contributed by atoms with Gasteiger partial charge in [-0.05, 0) is 50.1 Å². The molecule has 98 valence electrons. The van der Waals surface area contributed by atoms with Crippen LogP contribution in [0.2, 0.25) is 0 Å². The molecule has 2 aromatic rings. The molecular formula is C16H16BrNO. The molecule has 19 heavy (non-hydrogen) atoms. The summed E-state index contributed by atoms with van der Waals surface area (Å²) in [7, 11) is 0. The van der Waals surface area contributed by atoms with E-state index in [0.717, 1.165) is 21.3 Å². The Morgan fingerprint density at radius 1 is 1.00 bits per heavy atom. The van der Waals surface area contributed by atoms with Gasteiger partial charge in [0.05, 0.1) is 0 Å². The first-order valence-corrected chi connectivity index (χ1v) is 6.91. The van der Waals surface area contributed by atoms with Crippen molar-refractivity contribution in [3.63, 3.8) is 0 Å². The van der Waals surface area contributed by atoms with Gasteiger partial charge >= 0.3 is 0 Å². The lowest BCUT2D eigenvalue weighted by molar-refractivity contribution is 0.102. The van der Waals surface area contributed by atoms with Crippen molar-refractivity contribution in [1.29, 1.82) is 0 Å². The van der Waals surface area contributed by atoms with Gasteiger partial charge in [0.1, 0.15) is 0 Å². The van der Waals surface area contributed by atoms with E-state index in [9.17, 15) is 4.79 Å². The average molecular weight is 318 g/mol. The van der Waals surface area contributed by atoms with E-state index in [-0.39, 0.29) is 5.91 Å². The molecule has 0 bridgehead atoms. The highest BCUT2D eigenvalue weighted by molar-refractivity contribution is 9.10. The van der Waals surface area contributed by atoms with Gasteiger partial charge < -0.3 is 5.32 Å². The number of hydrogen-bond acceptors (Lipinski definition) is 1. The van der Waals surface area contributed by atoms with E-state index in [1.807, 2.05) is 51.1 Å². The molecule has 0 aliphatic carbocycles. The number of anilines is 1. The fourth-order valence-corrected chi connectivity index (χ4v) is 2.34. The van der Waals surface area contributed by atoms with E-state index >= 15 is 0 Å². The molecule has 0 saturated carbocycles. The zero-order valence-corrected chi connectivity index (χ0v) is 12.8. The number of nitrogens with one attached hydrogen (secondary N) is 1. The Bertz CT molecular complexity index is 635. The van der Waals surface area contributed by atoms with Crippen molar-refractivity contribution in [2.75, 3.05) is 5.32 Å². The Kier molecular flexibility index (Phi) is 4.05. The van der Waals surface area contributed by atoms with Gasteiger partial charge in [-0.25, -0.2) is 0 Å². The summed E-state index contributed by atoms with van der Waals surface area (Å²) >= 11 is 3.39. The molecule has 0 unspecified atom stereocenters. The van der Waals surface area contributed by atoms with Crippen LogP contribution in [0, 0.1) is 20.8 Å². The highest BCUT2D eigenvalue weighted by atomic mass is 79.9. The van der Waals surface area contributed by atoms with Crippen molar-refractivity contribution < 1.29 is 4.79 Å². The van der Waals surface area contributed by atoms with Crippen LogP contribution in [0.15, 0.2) is 40.9 Å². The van der Waals surface area contributed by atoms with Crippen LogP contribution >= 0.6 is 15.9 Å². The zero-order valence-electron chi connectivity index (χ0n) is 11.3. The first-order valence-electron chi connectivity index (χ1n) is 6.12. The lowest BCUT2D eigenvalue weighted by Crippen LogP contribution is -2.14. The van der Waals surface area contributed by atoms with Crippen LogP contribution in [0.25, 0.3) is 0 Å². The van der Waals surface area contributed by atoms with Crippen molar-refractivity contribution in [3.8, 4) is 0 Å². The highest BCUT2D eigenvalue weighted by Crippen LogP contribution is 2.20. The molecule has 0 saturated heterocycles. The summed E-state index contributed by atoms with van der Waals surface area (Å²) in [6, 6.07) is 11.7. The molecule has 1 N–H and O–H groups in total. The number of carbonyl (C=O) groups excluding carboxylic acids is 1. The largest absolute Gasteiger partial charge is 0.322 e. The third-order valence-electron chi connectivity index (χ3n) is 3.07. The number of amides is 1. The number of halogens is 1. The molecule has 2 aromatic carbocycles. The summed E-state index contributed by atoms with van der Waals surface area (Å²) in [6.45, 7) is 5.97. The summed E-state index contributed by atoms with van der Waals surface area (Å²) < 4.78 is 0.906. The minimum absolute atomic E-state index is 0.0780. The number of carbonyl (C=O) groups is 1. The van der Waals surface area contributed by atoms with Crippen molar-refractivity contribution >= 4 is 27.5 Å². The van der Waals surface area contributed by atoms with Crippen LogP contribution in [0.5, 0.6) is 0 Å². The number of hydrogen-bond donors (Lipinski definition) is 1. The molecule has 0 spiro atoms. The third kappa shape index (κ3) is 3.24. The molecule has 0 heterocycles. The molecular weight excluding hydrogens is 302 g/mol. The lowest BCUT2D eigenvalue weighted by Gasteiger charge is -2.11. The van der Waals surface area contributed by atoms with E-state index in [1.165, 1.54) is 5.56 Å². The van der Waals surface area contributed by atoms with E-state index in [0.29, 0.717) is 5.56 Å². The van der Waals surface area contributed by atoms with E-state index in [1.54, 1.807) is 0 Å². The van der Waals surface area contributed by atoms with Crippen LogP contribution in [-0.2, 0) is 0 Å². The predicted molar refractivity (Wildman–Crippen MR) is 82.7 cm³/mol. The second kappa shape index (κ2) is 5.57. The lowest BCUT2D eigenvalue weighted by atomic mass is 10.1. The highest BCUT2D eigenvalue weighted by Gasteiger charge is 2.10. The van der Waals surface area contributed by atoms with Crippen LogP contribution in [-0.4, -0.2) is 5.91 Å². The maximum atomic E-state index is 12.3. The van der Waals surface area contributed by atoms with Crippen LogP contribution in [0.1, 0.15) is 27.0 Å². The van der Waals surface area contributed by atoms with Gasteiger partial charge in [0.25, 0.3) is 5.91 Å². The Labute approximate surface area is 122 Å². The van der Waals surface area contributed by atoms with Crippen molar-refractivity contribution in [2.24, 2.45) is 0 Å². The maximum absolute atomic E-state index is 12.3. The topological polar surface area (TPSA) is 29.1 Å². The minimum atomic E-state index is -0.0780. The quantitative estimate of drug-likeness (QED) is 0.859. The van der Waals surface area contributed by atoms with Gasteiger partial charge in [0.15, 0.2) is 0 Å². The zero-order chi connectivity index (χ0) is 14.0. The monoisotopic (exact) mass is 317 g/mol. The fraction of sp³-hybridized carbons (Fsp3) is 0.188. The average Bonchev–Trinajstić information content (AvgIpc) is 2.35. The summed E-state index contributed by atoms with van der Waals surface area (Å²) in [5.41, 5.74) is 4.77. The SMILES string of the molecule is Cc1ccc(NC(=O)c2cc(Br)ccc2C)c(C)c1. The molecule has 0 fully saturated rings. The molecule has 3 heteroatoms. The Balaban J connectivity index is 2.28. The van der Waals surface area contributed by atoms with Crippen LogP contribution < -0.4 is 5.32 Å². The van der Waals surface area contributed by atoms with Gasteiger partial charge in [-0.3, -0.25) is 4.79 Å². The fourth-order valence-electron chi connectivity index (χ4n) is 1.98. The number of benzene rings is 2. The van der Waals surface area contributed by atoms with E-state index < -0.39 is 0 Å². The van der Waals surface area contributed by atoms with Crippen molar-refractivity contribution in [2.45, 2.75) is 20.8 Å². The number of rotatable bonds is 2. The van der Waals surface area contributed by atoms with E-state index in [2.05, 4.69) is 27.3 Å². The summed E-state index contributed by atoms with van der Waals surface area (Å²) in [5, 5.41) is 2.96. The second-order valence-electron chi connectivity index (χ2n) is 4.73. The Morgan fingerprint density at radius 3 is 2.42 bits per heavy atom. The van der Waals surface area contributed by atoms with Gasteiger partial charge in [-0.2, -0.15) is 0 Å². The molecule has 0 atom stereocenters. The number of aryl methyl sites for hydroxylation is 3. The van der Waals surface area contributed by atoms with Crippen molar-refractivity contribution in [3.05, 3.63) is 63.1 Å². The Hall–Kier alpha value is -1.61. The maximum Gasteiger partial charge on any atom is 0.255 e. The first kappa shape index (κ1) is 13.8. The summed E-state index contributed by atoms with van der Waals surface area (Å²) in [4.78, 5) is 12.3. The normalized spacial score (nSPS) is 10.3. The smallest absolute Gasteiger partial charge is 0.255 e. The van der Waals surface area contributed by atoms with Crippen LogP contribution in [0.4, 0.5) is 5.69 Å². The Morgan fingerprint density at radius 2 is 1.74 bits per heavy atom. The summed E-state index contributed by atoms with van der Waals surface area (Å²) in [5.74, 6) is -0.0780. The minimum Gasteiger partial charge on any atom is -0.322 e. The molecule has 1 amide bonds. The molecule has 0 aliphatic rings. The van der Waals surface area contributed by atoms with Gasteiger partial charge in [0, 0.05) is 15.7 Å². The molecule has 0 radical (unpaired) electrons.